The summed E-state index contributed by atoms with van der Waals surface area (Å²) in [5.41, 5.74) is 0.220. The van der Waals surface area contributed by atoms with Gasteiger partial charge < -0.3 is 5.11 Å². The molecule has 0 saturated heterocycles. The molecule has 1 aromatic rings. The Labute approximate surface area is 113 Å². The molecule has 1 aliphatic rings. The van der Waals surface area contributed by atoms with Gasteiger partial charge in [0.25, 0.3) is 0 Å². The number of aromatic nitrogens is 2. The second-order valence-corrected chi connectivity index (χ2v) is 7.14. The van der Waals surface area contributed by atoms with Crippen LogP contribution in [0.25, 0.3) is 0 Å². The van der Waals surface area contributed by atoms with Gasteiger partial charge in [0.15, 0.2) is 0 Å². The quantitative estimate of drug-likeness (QED) is 0.751. The van der Waals surface area contributed by atoms with E-state index in [1.165, 1.54) is 6.20 Å². The van der Waals surface area contributed by atoms with E-state index in [4.69, 9.17) is 0 Å². The summed E-state index contributed by atoms with van der Waals surface area (Å²) >= 11 is 0. The molecule has 1 aliphatic carbocycles. The molecule has 19 heavy (non-hydrogen) atoms. The Morgan fingerprint density at radius 2 is 2.11 bits per heavy atom. The van der Waals surface area contributed by atoms with E-state index in [1.807, 2.05) is 0 Å². The van der Waals surface area contributed by atoms with E-state index in [2.05, 4.69) is 14.9 Å². The Morgan fingerprint density at radius 1 is 1.42 bits per heavy atom. The molecule has 0 bridgehead atoms. The fraction of sp³-hybridized carbons (Fsp3) is 0.750. The minimum atomic E-state index is -3.55. The number of nitrogens with zero attached hydrogens (tertiary/aromatic N) is 1. The highest BCUT2D eigenvalue weighted by molar-refractivity contribution is 7.89. The molecule has 0 radical (unpaired) electrons. The molecule has 108 valence electrons. The first-order valence-corrected chi connectivity index (χ1v) is 8.08. The number of aromatic amines is 1. The molecule has 7 heteroatoms. The molecule has 0 spiro atoms. The summed E-state index contributed by atoms with van der Waals surface area (Å²) in [6.45, 7) is 1.99. The second kappa shape index (κ2) is 5.60. The van der Waals surface area contributed by atoms with Gasteiger partial charge in [0.05, 0.1) is 11.9 Å². The standard InChI is InChI=1S/C12H21N3O3S/c1-10-11(7-13-15-10)19(17,18)14-8-12(9-16)5-3-2-4-6-12/h7,14,16H,2-6,8-9H2,1H3,(H,13,15). The SMILES string of the molecule is Cc1[nH]ncc1S(=O)(=O)NCC1(CO)CCCCC1. The van der Waals surface area contributed by atoms with E-state index >= 15 is 0 Å². The molecular formula is C12H21N3O3S. The van der Waals surface area contributed by atoms with Gasteiger partial charge in [-0.2, -0.15) is 5.10 Å². The van der Waals surface area contributed by atoms with Crippen LogP contribution in [0.5, 0.6) is 0 Å². The topological polar surface area (TPSA) is 95.1 Å². The van der Waals surface area contributed by atoms with Crippen LogP contribution in [0.1, 0.15) is 37.8 Å². The summed E-state index contributed by atoms with van der Waals surface area (Å²) in [5, 5.41) is 15.9. The maximum Gasteiger partial charge on any atom is 0.243 e. The van der Waals surface area contributed by atoms with Crippen molar-refractivity contribution >= 4 is 10.0 Å². The van der Waals surface area contributed by atoms with Gasteiger partial charge in [0.1, 0.15) is 4.90 Å². The lowest BCUT2D eigenvalue weighted by Crippen LogP contribution is -2.41. The molecule has 0 unspecified atom stereocenters. The summed E-state index contributed by atoms with van der Waals surface area (Å²) in [6.07, 6.45) is 6.31. The fourth-order valence-corrected chi connectivity index (χ4v) is 3.92. The average Bonchev–Trinajstić information content (AvgIpc) is 2.85. The van der Waals surface area contributed by atoms with E-state index in [0.717, 1.165) is 32.1 Å². The van der Waals surface area contributed by atoms with Crippen LogP contribution in [0.2, 0.25) is 0 Å². The Kier molecular flexibility index (Phi) is 4.27. The van der Waals surface area contributed by atoms with Gasteiger partial charge in [0.2, 0.25) is 10.0 Å². The summed E-state index contributed by atoms with van der Waals surface area (Å²) in [4.78, 5) is 0.177. The molecule has 3 N–H and O–H groups in total. The number of aliphatic hydroxyl groups is 1. The number of sulfonamides is 1. The summed E-state index contributed by atoms with van der Waals surface area (Å²) in [5.74, 6) is 0. The number of H-pyrrole nitrogens is 1. The highest BCUT2D eigenvalue weighted by Crippen LogP contribution is 2.35. The van der Waals surface area contributed by atoms with E-state index < -0.39 is 10.0 Å². The monoisotopic (exact) mass is 287 g/mol. The van der Waals surface area contributed by atoms with Gasteiger partial charge in [-0.1, -0.05) is 19.3 Å². The van der Waals surface area contributed by atoms with Crippen LogP contribution in [0.15, 0.2) is 11.1 Å². The molecule has 0 aromatic carbocycles. The third-order valence-corrected chi connectivity index (χ3v) is 5.47. The average molecular weight is 287 g/mol. The highest BCUT2D eigenvalue weighted by atomic mass is 32.2. The van der Waals surface area contributed by atoms with Crippen LogP contribution in [-0.4, -0.2) is 36.9 Å². The van der Waals surface area contributed by atoms with Crippen molar-refractivity contribution in [3.05, 3.63) is 11.9 Å². The zero-order chi connectivity index (χ0) is 13.9. The van der Waals surface area contributed by atoms with Crippen molar-refractivity contribution < 1.29 is 13.5 Å². The van der Waals surface area contributed by atoms with Crippen molar-refractivity contribution in [3.8, 4) is 0 Å². The smallest absolute Gasteiger partial charge is 0.243 e. The first-order chi connectivity index (χ1) is 8.99. The van der Waals surface area contributed by atoms with E-state index in [1.54, 1.807) is 6.92 Å². The minimum absolute atomic E-state index is 0.0277. The molecule has 6 nitrogen and oxygen atoms in total. The molecule has 1 aromatic heterocycles. The predicted octanol–water partition coefficient (Wildman–Crippen LogP) is 0.939. The van der Waals surface area contributed by atoms with Crippen LogP contribution in [-0.2, 0) is 10.0 Å². The second-order valence-electron chi connectivity index (χ2n) is 5.40. The fourth-order valence-electron chi connectivity index (χ4n) is 2.63. The maximum atomic E-state index is 12.2. The first kappa shape index (κ1) is 14.5. The van der Waals surface area contributed by atoms with Crippen molar-refractivity contribution in [1.29, 1.82) is 0 Å². The molecule has 1 heterocycles. The number of rotatable bonds is 5. The zero-order valence-corrected chi connectivity index (χ0v) is 12.0. The minimum Gasteiger partial charge on any atom is -0.396 e. The lowest BCUT2D eigenvalue weighted by Gasteiger charge is -2.35. The highest BCUT2D eigenvalue weighted by Gasteiger charge is 2.33. The van der Waals surface area contributed by atoms with Crippen molar-refractivity contribution in [2.45, 2.75) is 43.9 Å². The number of aryl methyl sites for hydroxylation is 1. The molecule has 0 aliphatic heterocycles. The Hall–Kier alpha value is -0.920. The van der Waals surface area contributed by atoms with Crippen molar-refractivity contribution in [2.24, 2.45) is 5.41 Å². The van der Waals surface area contributed by atoms with Gasteiger partial charge in [-0.05, 0) is 19.8 Å². The van der Waals surface area contributed by atoms with Crippen LogP contribution in [0.4, 0.5) is 0 Å². The zero-order valence-electron chi connectivity index (χ0n) is 11.1. The Morgan fingerprint density at radius 3 is 2.63 bits per heavy atom. The summed E-state index contributed by atoms with van der Waals surface area (Å²) in [6, 6.07) is 0. The largest absolute Gasteiger partial charge is 0.396 e. The van der Waals surface area contributed by atoms with Gasteiger partial charge in [-0.15, -0.1) is 0 Å². The van der Waals surface area contributed by atoms with Gasteiger partial charge in [0, 0.05) is 18.6 Å². The molecule has 2 rings (SSSR count). The maximum absolute atomic E-state index is 12.2. The van der Waals surface area contributed by atoms with Gasteiger partial charge in [-0.3, -0.25) is 5.10 Å². The number of nitrogens with one attached hydrogen (secondary N) is 2. The first-order valence-electron chi connectivity index (χ1n) is 6.60. The molecular weight excluding hydrogens is 266 g/mol. The lowest BCUT2D eigenvalue weighted by atomic mass is 9.75. The molecule has 1 fully saturated rings. The van der Waals surface area contributed by atoms with Crippen LogP contribution in [0, 0.1) is 12.3 Å². The van der Waals surface area contributed by atoms with Crippen molar-refractivity contribution in [2.75, 3.05) is 13.2 Å². The molecule has 1 saturated carbocycles. The van der Waals surface area contributed by atoms with E-state index in [0.29, 0.717) is 5.69 Å². The number of hydrogen-bond acceptors (Lipinski definition) is 4. The van der Waals surface area contributed by atoms with Gasteiger partial charge >= 0.3 is 0 Å². The number of hydrogen-bond donors (Lipinski definition) is 3. The van der Waals surface area contributed by atoms with E-state index in [9.17, 15) is 13.5 Å². The Bertz CT molecular complexity index is 518. The van der Waals surface area contributed by atoms with Crippen LogP contribution in [0.3, 0.4) is 0 Å². The van der Waals surface area contributed by atoms with Crippen LogP contribution >= 0.6 is 0 Å². The summed E-state index contributed by atoms with van der Waals surface area (Å²) in [7, 11) is -3.55. The third-order valence-electron chi connectivity index (χ3n) is 3.96. The third kappa shape index (κ3) is 3.16. The molecule has 0 amide bonds. The summed E-state index contributed by atoms with van der Waals surface area (Å²) < 4.78 is 26.9. The lowest BCUT2D eigenvalue weighted by molar-refractivity contribution is 0.0867. The van der Waals surface area contributed by atoms with Crippen molar-refractivity contribution in [3.63, 3.8) is 0 Å². The van der Waals surface area contributed by atoms with E-state index in [-0.39, 0.29) is 23.5 Å². The molecule has 0 atom stereocenters. The normalized spacial score (nSPS) is 19.5. The van der Waals surface area contributed by atoms with Crippen molar-refractivity contribution in [1.82, 2.24) is 14.9 Å². The number of aliphatic hydroxyl groups excluding tert-OH is 1. The van der Waals surface area contributed by atoms with Gasteiger partial charge in [-0.25, -0.2) is 13.1 Å². The van der Waals surface area contributed by atoms with Crippen LogP contribution < -0.4 is 4.72 Å². The predicted molar refractivity (Wildman–Crippen MR) is 71.1 cm³/mol. The Balaban J connectivity index is 2.07.